The third kappa shape index (κ3) is 2.90. The lowest BCUT2D eigenvalue weighted by Crippen LogP contribution is -2.29. The van der Waals surface area contributed by atoms with Crippen LogP contribution >= 0.6 is 7.60 Å². The maximum Gasteiger partial charge on any atom is 0.399 e. The molecule has 1 aliphatic rings. The van der Waals surface area contributed by atoms with Crippen molar-refractivity contribution in [1.29, 1.82) is 0 Å². The van der Waals surface area contributed by atoms with Crippen molar-refractivity contribution in [3.8, 4) is 0 Å². The lowest BCUT2D eigenvalue weighted by atomic mass is 10.1. The predicted octanol–water partition coefficient (Wildman–Crippen LogP) is 3.43. The lowest BCUT2D eigenvalue weighted by Gasteiger charge is -2.27. The largest absolute Gasteiger partial charge is 0.466 e. The van der Waals surface area contributed by atoms with Gasteiger partial charge >= 0.3 is 19.2 Å². The monoisotopic (exact) mass is 314 g/mol. The van der Waals surface area contributed by atoms with E-state index in [0.717, 1.165) is 0 Å². The van der Waals surface area contributed by atoms with Gasteiger partial charge in [-0.25, -0.2) is 0 Å². The Hall–Kier alpha value is -0.520. The van der Waals surface area contributed by atoms with Crippen molar-refractivity contribution in [2.45, 2.75) is 39.8 Å². The summed E-state index contributed by atoms with van der Waals surface area (Å²) in [6.07, 6.45) is -0.0943. The third-order valence-electron chi connectivity index (χ3n) is 3.36. The van der Waals surface area contributed by atoms with Crippen LogP contribution in [-0.4, -0.2) is 31.5 Å². The Labute approximate surface area is 117 Å². The molecule has 0 unspecified atom stereocenters. The van der Waals surface area contributed by atoms with Gasteiger partial charge in [-0.2, -0.15) is 8.78 Å². The van der Waals surface area contributed by atoms with Crippen LogP contribution in [0.1, 0.15) is 34.1 Å². The van der Waals surface area contributed by atoms with Crippen molar-refractivity contribution in [2.24, 2.45) is 11.3 Å². The Morgan fingerprint density at radius 1 is 1.25 bits per heavy atom. The van der Waals surface area contributed by atoms with E-state index < -0.39 is 30.6 Å². The molecule has 0 radical (unpaired) electrons. The molecule has 0 heterocycles. The smallest absolute Gasteiger partial charge is 0.399 e. The second kappa shape index (κ2) is 6.08. The molecule has 0 bridgehead atoms. The van der Waals surface area contributed by atoms with E-state index in [0.29, 0.717) is 0 Å². The topological polar surface area (TPSA) is 61.8 Å². The van der Waals surface area contributed by atoms with Crippen molar-refractivity contribution < 1.29 is 31.9 Å². The molecule has 0 aromatic heterocycles. The van der Waals surface area contributed by atoms with E-state index in [-0.39, 0.29) is 26.2 Å². The second-order valence-corrected chi connectivity index (χ2v) is 6.92. The number of hydrogen-bond donors (Lipinski definition) is 0. The fourth-order valence-corrected chi connectivity index (χ4v) is 3.99. The number of hydrogen-bond acceptors (Lipinski definition) is 5. The summed E-state index contributed by atoms with van der Waals surface area (Å²) in [5.74, 6) is -2.10. The summed E-state index contributed by atoms with van der Waals surface area (Å²) in [6.45, 7) is 5.69. The van der Waals surface area contributed by atoms with E-state index in [2.05, 4.69) is 0 Å². The average molecular weight is 314 g/mol. The van der Waals surface area contributed by atoms with Gasteiger partial charge < -0.3 is 13.8 Å². The van der Waals surface area contributed by atoms with Crippen LogP contribution in [0.15, 0.2) is 0 Å². The molecule has 0 N–H and O–H groups in total. The highest BCUT2D eigenvalue weighted by atomic mass is 31.2. The Bertz CT molecular complexity index is 405. The van der Waals surface area contributed by atoms with Gasteiger partial charge in [0.2, 0.25) is 0 Å². The zero-order valence-electron chi connectivity index (χ0n) is 12.2. The van der Waals surface area contributed by atoms with E-state index in [1.165, 1.54) is 20.8 Å². The molecule has 0 saturated heterocycles. The van der Waals surface area contributed by atoms with Crippen molar-refractivity contribution in [3.05, 3.63) is 0 Å². The zero-order valence-corrected chi connectivity index (χ0v) is 13.0. The number of halogens is 2. The Morgan fingerprint density at radius 3 is 2.15 bits per heavy atom. The van der Waals surface area contributed by atoms with Crippen molar-refractivity contribution in [2.75, 3.05) is 19.8 Å². The van der Waals surface area contributed by atoms with Crippen LogP contribution in [0.25, 0.3) is 0 Å². The molecule has 2 atom stereocenters. The van der Waals surface area contributed by atoms with Crippen LogP contribution in [0.2, 0.25) is 0 Å². The second-order valence-electron chi connectivity index (χ2n) is 4.82. The summed E-state index contributed by atoms with van der Waals surface area (Å²) >= 11 is 0. The van der Waals surface area contributed by atoms with Crippen LogP contribution in [0.5, 0.6) is 0 Å². The minimum atomic E-state index is -4.60. The standard InChI is InChI=1S/C12H21F2O5P/c1-5-17-10(15)11(4)8-9(11)12(13,14)20(16,18-6-2)19-7-3/h9H,5-8H2,1-4H3/t9-,11+/m0/s1. The summed E-state index contributed by atoms with van der Waals surface area (Å²) in [5, 5.41) is 0. The highest BCUT2D eigenvalue weighted by molar-refractivity contribution is 7.55. The maximum atomic E-state index is 14.4. The molecule has 0 aromatic carbocycles. The summed E-state index contributed by atoms with van der Waals surface area (Å²) in [5.41, 5.74) is -5.04. The summed E-state index contributed by atoms with van der Waals surface area (Å²) in [6, 6.07) is 0. The van der Waals surface area contributed by atoms with Crippen LogP contribution in [0.4, 0.5) is 8.78 Å². The number of ether oxygens (including phenoxy) is 1. The molecule has 20 heavy (non-hydrogen) atoms. The van der Waals surface area contributed by atoms with E-state index in [1.54, 1.807) is 6.92 Å². The molecule has 1 rings (SSSR count). The maximum absolute atomic E-state index is 14.4. The van der Waals surface area contributed by atoms with E-state index >= 15 is 0 Å². The highest BCUT2D eigenvalue weighted by Crippen LogP contribution is 2.74. The molecular weight excluding hydrogens is 293 g/mol. The lowest BCUT2D eigenvalue weighted by molar-refractivity contribution is -0.151. The zero-order chi connectivity index (χ0) is 15.6. The minimum absolute atomic E-state index is 0.0943. The Balaban J connectivity index is 2.94. The molecule has 1 saturated carbocycles. The van der Waals surface area contributed by atoms with Crippen LogP contribution in [0.3, 0.4) is 0 Å². The number of rotatable bonds is 8. The van der Waals surface area contributed by atoms with Gasteiger partial charge in [0.05, 0.1) is 31.2 Å². The first-order valence-electron chi connectivity index (χ1n) is 6.63. The van der Waals surface area contributed by atoms with Crippen molar-refractivity contribution in [1.82, 2.24) is 0 Å². The third-order valence-corrected chi connectivity index (χ3v) is 5.60. The predicted molar refractivity (Wildman–Crippen MR) is 68.7 cm³/mol. The van der Waals surface area contributed by atoms with E-state index in [9.17, 15) is 18.1 Å². The van der Waals surface area contributed by atoms with Crippen molar-refractivity contribution >= 4 is 13.6 Å². The van der Waals surface area contributed by atoms with Gasteiger partial charge in [-0.3, -0.25) is 9.36 Å². The number of esters is 1. The minimum Gasteiger partial charge on any atom is -0.466 e. The molecule has 0 aromatic rings. The van der Waals surface area contributed by atoms with E-state index in [1.807, 2.05) is 0 Å². The fraction of sp³-hybridized carbons (Fsp3) is 0.917. The van der Waals surface area contributed by atoms with Gasteiger partial charge in [-0.1, -0.05) is 0 Å². The van der Waals surface area contributed by atoms with Crippen LogP contribution < -0.4 is 0 Å². The van der Waals surface area contributed by atoms with Gasteiger partial charge in [-0.05, 0) is 34.1 Å². The number of carbonyl (C=O) groups is 1. The molecule has 0 aliphatic heterocycles. The number of alkyl halides is 2. The van der Waals surface area contributed by atoms with Gasteiger partial charge in [0.1, 0.15) is 0 Å². The van der Waals surface area contributed by atoms with Crippen LogP contribution in [-0.2, 0) is 23.1 Å². The molecular formula is C12H21F2O5P. The normalized spacial score (nSPS) is 26.4. The molecule has 5 nitrogen and oxygen atoms in total. The van der Waals surface area contributed by atoms with Gasteiger partial charge in [0.25, 0.3) is 0 Å². The van der Waals surface area contributed by atoms with Gasteiger partial charge in [0, 0.05) is 0 Å². The molecule has 1 aliphatic carbocycles. The summed E-state index contributed by atoms with van der Waals surface area (Å²) in [7, 11) is -4.60. The fourth-order valence-electron chi connectivity index (χ4n) is 2.13. The highest BCUT2D eigenvalue weighted by Gasteiger charge is 2.74. The molecule has 0 spiro atoms. The van der Waals surface area contributed by atoms with Gasteiger partial charge in [-0.15, -0.1) is 0 Å². The quantitative estimate of drug-likeness (QED) is 0.507. The van der Waals surface area contributed by atoms with Gasteiger partial charge in [0.15, 0.2) is 0 Å². The molecule has 118 valence electrons. The van der Waals surface area contributed by atoms with E-state index in [4.69, 9.17) is 13.8 Å². The molecule has 1 fully saturated rings. The average Bonchev–Trinajstić information content (AvgIpc) is 3.05. The first-order valence-corrected chi connectivity index (χ1v) is 8.18. The Kier molecular flexibility index (Phi) is 5.33. The molecule has 8 heteroatoms. The number of carbonyl (C=O) groups excluding carboxylic acids is 1. The van der Waals surface area contributed by atoms with Crippen molar-refractivity contribution in [3.63, 3.8) is 0 Å². The summed E-state index contributed by atoms with van der Waals surface area (Å²) < 4.78 is 55.2. The first kappa shape index (κ1) is 17.5. The van der Waals surface area contributed by atoms with Crippen LogP contribution in [0, 0.1) is 11.3 Å². The molecule has 0 amide bonds. The Morgan fingerprint density at radius 2 is 1.75 bits per heavy atom. The summed E-state index contributed by atoms with van der Waals surface area (Å²) in [4.78, 5) is 11.7. The SMILES string of the molecule is CCOC(=O)[C@]1(C)C[C@@H]1C(F)(F)P(=O)(OCC)OCC. The first-order chi connectivity index (χ1) is 9.19.